The molecule has 0 unspecified atom stereocenters. The first-order valence-electron chi connectivity index (χ1n) is 10.9. The lowest BCUT2D eigenvalue weighted by atomic mass is 9.91. The number of hydrogen-bond acceptors (Lipinski definition) is 4. The zero-order chi connectivity index (χ0) is 22.2. The molecule has 0 aliphatic carbocycles. The Morgan fingerprint density at radius 3 is 2.53 bits per heavy atom. The molecule has 1 saturated heterocycles. The molecule has 4 aromatic rings. The van der Waals surface area contributed by atoms with Gasteiger partial charge >= 0.3 is 5.97 Å². The topological polar surface area (TPSA) is 49.8 Å². The molecule has 0 spiro atoms. The number of fused-ring (bicyclic) bond motifs is 3. The van der Waals surface area contributed by atoms with Crippen LogP contribution in [0.15, 0.2) is 66.7 Å². The normalized spacial score (nSPS) is 16.1. The maximum Gasteiger partial charge on any atom is 0.328 e. The highest BCUT2D eigenvalue weighted by Crippen LogP contribution is 2.44. The molecule has 1 atom stereocenters. The molecule has 0 radical (unpaired) electrons. The number of aromatic hydroxyl groups is 1. The van der Waals surface area contributed by atoms with Crippen molar-refractivity contribution in [3.63, 3.8) is 0 Å². The van der Waals surface area contributed by atoms with E-state index in [1.54, 1.807) is 12.1 Å². The van der Waals surface area contributed by atoms with Gasteiger partial charge in [-0.2, -0.15) is 0 Å². The number of esters is 1. The summed E-state index contributed by atoms with van der Waals surface area (Å²) in [5.74, 6) is -0.328. The van der Waals surface area contributed by atoms with E-state index in [0.29, 0.717) is 12.2 Å². The van der Waals surface area contributed by atoms with Crippen LogP contribution in [0.4, 0.5) is 10.1 Å². The Morgan fingerprint density at radius 2 is 1.78 bits per heavy atom. The molecule has 1 aliphatic heterocycles. The summed E-state index contributed by atoms with van der Waals surface area (Å²) in [6.07, 6.45) is 1.70. The Hall–Kier alpha value is -3.60. The monoisotopic (exact) mass is 429 g/mol. The van der Waals surface area contributed by atoms with Crippen molar-refractivity contribution >= 4 is 33.2 Å². The minimum absolute atomic E-state index is 0.179. The molecule has 0 saturated carbocycles. The molecule has 0 bridgehead atoms. The maximum atomic E-state index is 13.5. The third kappa shape index (κ3) is 3.34. The second kappa shape index (κ2) is 8.15. The molecule has 1 N–H and O–H groups in total. The standard InChI is InChI=1S/C27H24FNO3/c1-2-32-27(31)24-8-5-15-29(24)19-13-14-21-23(16-19)20-6-3-4-7-22(20)26(30)25(21)17-9-11-18(28)12-10-17/h3-4,6-7,9-14,16,24,30H,2,5,8,15H2,1H3/t24-/m0/s1. The van der Waals surface area contributed by atoms with Gasteiger partial charge in [0, 0.05) is 23.2 Å². The highest BCUT2D eigenvalue weighted by Gasteiger charge is 2.32. The fourth-order valence-corrected chi connectivity index (χ4v) is 4.81. The van der Waals surface area contributed by atoms with Gasteiger partial charge in [0.15, 0.2) is 0 Å². The van der Waals surface area contributed by atoms with Crippen molar-refractivity contribution in [2.45, 2.75) is 25.8 Å². The van der Waals surface area contributed by atoms with E-state index in [2.05, 4.69) is 11.0 Å². The van der Waals surface area contributed by atoms with Crippen molar-refractivity contribution in [3.05, 3.63) is 72.5 Å². The highest BCUT2D eigenvalue weighted by atomic mass is 19.1. The van der Waals surface area contributed by atoms with Gasteiger partial charge < -0.3 is 14.7 Å². The van der Waals surface area contributed by atoms with Crippen molar-refractivity contribution in [1.82, 2.24) is 0 Å². The van der Waals surface area contributed by atoms with Crippen molar-refractivity contribution < 1.29 is 19.0 Å². The van der Waals surface area contributed by atoms with Crippen LogP contribution in [-0.2, 0) is 9.53 Å². The van der Waals surface area contributed by atoms with Crippen LogP contribution in [0.3, 0.4) is 0 Å². The van der Waals surface area contributed by atoms with Gasteiger partial charge in [-0.15, -0.1) is 0 Å². The SMILES string of the molecule is CCOC(=O)[C@@H]1CCCN1c1ccc2c(-c3ccc(F)cc3)c(O)c3ccccc3c2c1. The first kappa shape index (κ1) is 20.3. The molecule has 162 valence electrons. The van der Waals surface area contributed by atoms with E-state index in [0.717, 1.165) is 52.2 Å². The third-order valence-electron chi connectivity index (χ3n) is 6.26. The highest BCUT2D eigenvalue weighted by molar-refractivity contribution is 6.18. The summed E-state index contributed by atoms with van der Waals surface area (Å²) >= 11 is 0. The number of phenols is 1. The lowest BCUT2D eigenvalue weighted by Gasteiger charge is -2.26. The molecule has 5 heteroatoms. The molecule has 1 fully saturated rings. The van der Waals surface area contributed by atoms with E-state index >= 15 is 0 Å². The average molecular weight is 429 g/mol. The van der Waals surface area contributed by atoms with Crippen molar-refractivity contribution in [2.24, 2.45) is 0 Å². The van der Waals surface area contributed by atoms with Gasteiger partial charge in [-0.3, -0.25) is 0 Å². The molecule has 4 aromatic carbocycles. The predicted octanol–water partition coefficient (Wildman–Crippen LogP) is 6.04. The summed E-state index contributed by atoms with van der Waals surface area (Å²) in [6, 6.07) is 19.7. The number of anilines is 1. The lowest BCUT2D eigenvalue weighted by Crippen LogP contribution is -2.37. The van der Waals surface area contributed by atoms with Gasteiger partial charge in [-0.05, 0) is 65.8 Å². The van der Waals surface area contributed by atoms with Gasteiger partial charge in [0.05, 0.1) is 6.61 Å². The molecule has 4 nitrogen and oxygen atoms in total. The lowest BCUT2D eigenvalue weighted by molar-refractivity contribution is -0.144. The molecular weight excluding hydrogens is 405 g/mol. The number of hydrogen-bond donors (Lipinski definition) is 1. The summed E-state index contributed by atoms with van der Waals surface area (Å²) in [7, 11) is 0. The number of ether oxygens (including phenoxy) is 1. The quantitative estimate of drug-likeness (QED) is 0.318. The minimum atomic E-state index is -0.320. The van der Waals surface area contributed by atoms with Crippen LogP contribution in [0.5, 0.6) is 5.75 Å². The molecule has 0 amide bonds. The zero-order valence-corrected chi connectivity index (χ0v) is 17.8. The van der Waals surface area contributed by atoms with Crippen LogP contribution >= 0.6 is 0 Å². The van der Waals surface area contributed by atoms with Gasteiger partial charge in [0.2, 0.25) is 0 Å². The maximum absolute atomic E-state index is 13.5. The number of phenolic OH excluding ortho intramolecular Hbond substituents is 1. The van der Waals surface area contributed by atoms with E-state index in [1.165, 1.54) is 12.1 Å². The van der Waals surface area contributed by atoms with Gasteiger partial charge in [0.25, 0.3) is 0 Å². The smallest absolute Gasteiger partial charge is 0.328 e. The van der Waals surface area contributed by atoms with E-state index in [-0.39, 0.29) is 23.6 Å². The van der Waals surface area contributed by atoms with Gasteiger partial charge in [0.1, 0.15) is 17.6 Å². The van der Waals surface area contributed by atoms with Crippen LogP contribution < -0.4 is 4.90 Å². The fraction of sp³-hybridized carbons (Fsp3) is 0.222. The zero-order valence-electron chi connectivity index (χ0n) is 17.8. The minimum Gasteiger partial charge on any atom is -0.507 e. The fourth-order valence-electron chi connectivity index (χ4n) is 4.81. The Bertz CT molecular complexity index is 1320. The van der Waals surface area contributed by atoms with Crippen LogP contribution in [0.1, 0.15) is 19.8 Å². The van der Waals surface area contributed by atoms with E-state index in [4.69, 9.17) is 4.74 Å². The molecular formula is C27H24FNO3. The number of carbonyl (C=O) groups is 1. The summed E-state index contributed by atoms with van der Waals surface area (Å²) < 4.78 is 18.8. The third-order valence-corrected chi connectivity index (χ3v) is 6.26. The first-order chi connectivity index (χ1) is 15.6. The van der Waals surface area contributed by atoms with E-state index in [9.17, 15) is 14.3 Å². The van der Waals surface area contributed by atoms with E-state index in [1.807, 2.05) is 43.3 Å². The molecule has 32 heavy (non-hydrogen) atoms. The summed E-state index contributed by atoms with van der Waals surface area (Å²) in [6.45, 7) is 2.98. The summed E-state index contributed by atoms with van der Waals surface area (Å²) in [5.41, 5.74) is 2.38. The van der Waals surface area contributed by atoms with Crippen molar-refractivity contribution in [1.29, 1.82) is 0 Å². The van der Waals surface area contributed by atoms with Crippen molar-refractivity contribution in [2.75, 3.05) is 18.1 Å². The number of nitrogens with zero attached hydrogens (tertiary/aromatic N) is 1. The van der Waals surface area contributed by atoms with E-state index < -0.39 is 0 Å². The second-order valence-electron chi connectivity index (χ2n) is 8.11. The number of rotatable bonds is 4. The second-order valence-corrected chi connectivity index (χ2v) is 8.11. The van der Waals surface area contributed by atoms with Crippen LogP contribution in [0, 0.1) is 5.82 Å². The Morgan fingerprint density at radius 1 is 1.03 bits per heavy atom. The Kier molecular flexibility index (Phi) is 5.17. The molecule has 5 rings (SSSR count). The average Bonchev–Trinajstić information content (AvgIpc) is 3.31. The molecule has 0 aromatic heterocycles. The summed E-state index contributed by atoms with van der Waals surface area (Å²) in [5, 5.41) is 14.7. The Labute approximate surface area is 185 Å². The largest absolute Gasteiger partial charge is 0.507 e. The molecule has 1 heterocycles. The predicted molar refractivity (Wildman–Crippen MR) is 126 cm³/mol. The van der Waals surface area contributed by atoms with Crippen LogP contribution in [-0.4, -0.2) is 30.3 Å². The summed E-state index contributed by atoms with van der Waals surface area (Å²) in [4.78, 5) is 14.6. The number of benzene rings is 4. The van der Waals surface area contributed by atoms with Gasteiger partial charge in [-0.25, -0.2) is 9.18 Å². The first-order valence-corrected chi connectivity index (χ1v) is 10.9. The number of halogens is 1. The van der Waals surface area contributed by atoms with Crippen LogP contribution in [0.25, 0.3) is 32.7 Å². The van der Waals surface area contributed by atoms with Crippen LogP contribution in [0.2, 0.25) is 0 Å². The number of carbonyl (C=O) groups excluding carboxylic acids is 1. The van der Waals surface area contributed by atoms with Crippen molar-refractivity contribution in [3.8, 4) is 16.9 Å². The molecule has 1 aliphatic rings. The van der Waals surface area contributed by atoms with Gasteiger partial charge in [-0.1, -0.05) is 42.5 Å². The Balaban J connectivity index is 1.72.